The highest BCUT2D eigenvalue weighted by atomic mass is 32.1. The Hall–Kier alpha value is -1.00. The van der Waals surface area contributed by atoms with E-state index >= 15 is 0 Å². The first-order valence-corrected chi connectivity index (χ1v) is 7.09. The van der Waals surface area contributed by atoms with Crippen molar-refractivity contribution in [3.8, 4) is 0 Å². The van der Waals surface area contributed by atoms with Crippen molar-refractivity contribution >= 4 is 17.2 Å². The summed E-state index contributed by atoms with van der Waals surface area (Å²) < 4.78 is 13.5. The minimum absolute atomic E-state index is 0.123. The van der Waals surface area contributed by atoms with E-state index in [0.29, 0.717) is 11.0 Å². The van der Waals surface area contributed by atoms with Crippen molar-refractivity contribution in [2.75, 3.05) is 13.1 Å². The van der Waals surface area contributed by atoms with Gasteiger partial charge in [-0.25, -0.2) is 4.39 Å². The summed E-state index contributed by atoms with van der Waals surface area (Å²) in [7, 11) is 0. The van der Waals surface area contributed by atoms with Gasteiger partial charge in [0.25, 0.3) is 0 Å². The van der Waals surface area contributed by atoms with Crippen LogP contribution in [0.25, 0.3) is 0 Å². The molecule has 2 N–H and O–H groups in total. The van der Waals surface area contributed by atoms with Gasteiger partial charge in [0.1, 0.15) is 10.8 Å². The zero-order valence-electron chi connectivity index (χ0n) is 11.6. The molecule has 0 spiro atoms. The molecule has 0 atom stereocenters. The molecule has 1 heterocycles. The van der Waals surface area contributed by atoms with Crippen molar-refractivity contribution in [1.82, 2.24) is 4.90 Å². The molecule has 4 heteroatoms. The van der Waals surface area contributed by atoms with Gasteiger partial charge in [0, 0.05) is 18.7 Å². The number of hydrogen-bond donors (Lipinski definition) is 1. The zero-order chi connectivity index (χ0) is 14.0. The topological polar surface area (TPSA) is 29.3 Å². The van der Waals surface area contributed by atoms with E-state index in [1.165, 1.54) is 18.9 Å². The fraction of sp³-hybridized carbons (Fsp3) is 0.533. The number of piperidine rings is 1. The lowest BCUT2D eigenvalue weighted by atomic mass is 9.84. The van der Waals surface area contributed by atoms with Crippen LogP contribution in [0.2, 0.25) is 0 Å². The molecule has 1 aliphatic heterocycles. The maximum atomic E-state index is 13.5. The number of likely N-dealkylation sites (tertiary alicyclic amines) is 1. The Kier molecular flexibility index (Phi) is 4.21. The van der Waals surface area contributed by atoms with Gasteiger partial charge >= 0.3 is 0 Å². The molecule has 1 fully saturated rings. The van der Waals surface area contributed by atoms with Gasteiger partial charge in [-0.2, -0.15) is 0 Å². The first-order valence-electron chi connectivity index (χ1n) is 6.68. The monoisotopic (exact) mass is 280 g/mol. The van der Waals surface area contributed by atoms with E-state index in [1.807, 2.05) is 6.07 Å². The summed E-state index contributed by atoms with van der Waals surface area (Å²) in [6.45, 7) is 7.60. The molecular formula is C15H21FN2S. The minimum atomic E-state index is -0.338. The molecule has 0 aromatic heterocycles. The molecule has 0 saturated carbocycles. The van der Waals surface area contributed by atoms with Gasteiger partial charge in [-0.05, 0) is 42.5 Å². The second-order valence-corrected chi connectivity index (χ2v) is 6.60. The van der Waals surface area contributed by atoms with Crippen LogP contribution in [0.5, 0.6) is 0 Å². The third-order valence-corrected chi connectivity index (χ3v) is 3.90. The molecule has 2 rings (SSSR count). The van der Waals surface area contributed by atoms with E-state index < -0.39 is 0 Å². The summed E-state index contributed by atoms with van der Waals surface area (Å²) in [5, 5.41) is 0. The smallest absolute Gasteiger partial charge is 0.133 e. The largest absolute Gasteiger partial charge is 0.389 e. The molecule has 0 aliphatic carbocycles. The van der Waals surface area contributed by atoms with Crippen molar-refractivity contribution in [3.63, 3.8) is 0 Å². The third-order valence-electron chi connectivity index (χ3n) is 3.68. The van der Waals surface area contributed by atoms with Gasteiger partial charge in [0.15, 0.2) is 0 Å². The number of thiocarbonyl (C=S) groups is 1. The fourth-order valence-electron chi connectivity index (χ4n) is 2.80. The summed E-state index contributed by atoms with van der Waals surface area (Å²) in [5.74, 6) is -0.338. The van der Waals surface area contributed by atoms with Crippen LogP contribution < -0.4 is 5.73 Å². The number of nitrogens with two attached hydrogens (primary N) is 1. The van der Waals surface area contributed by atoms with E-state index in [4.69, 9.17) is 18.0 Å². The molecule has 0 bridgehead atoms. The molecule has 1 saturated heterocycles. The normalized spacial score (nSPS) is 19.3. The Morgan fingerprint density at radius 2 is 2.21 bits per heavy atom. The zero-order valence-corrected chi connectivity index (χ0v) is 12.4. The number of hydrogen-bond acceptors (Lipinski definition) is 2. The summed E-state index contributed by atoms with van der Waals surface area (Å²) in [6.07, 6.45) is 2.49. The van der Waals surface area contributed by atoms with Crippen LogP contribution in [0.4, 0.5) is 4.39 Å². The van der Waals surface area contributed by atoms with Crippen LogP contribution in [0.15, 0.2) is 18.2 Å². The van der Waals surface area contributed by atoms with E-state index in [0.717, 1.165) is 25.2 Å². The first kappa shape index (κ1) is 14.4. The summed E-state index contributed by atoms with van der Waals surface area (Å²) >= 11 is 4.87. The molecule has 19 heavy (non-hydrogen) atoms. The number of benzene rings is 1. The Bertz CT molecular complexity index is 485. The fourth-order valence-corrected chi connectivity index (χ4v) is 2.95. The van der Waals surface area contributed by atoms with Crippen LogP contribution in [-0.4, -0.2) is 23.0 Å². The molecule has 104 valence electrons. The lowest BCUT2D eigenvalue weighted by Gasteiger charge is -2.38. The van der Waals surface area contributed by atoms with Crippen LogP contribution in [0, 0.1) is 11.2 Å². The quantitative estimate of drug-likeness (QED) is 0.863. The van der Waals surface area contributed by atoms with E-state index in [2.05, 4.69) is 18.7 Å². The number of nitrogens with zero attached hydrogens (tertiary/aromatic N) is 1. The average molecular weight is 280 g/mol. The van der Waals surface area contributed by atoms with Crippen LogP contribution in [0.3, 0.4) is 0 Å². The van der Waals surface area contributed by atoms with Crippen molar-refractivity contribution in [2.24, 2.45) is 11.1 Å². The van der Waals surface area contributed by atoms with Gasteiger partial charge < -0.3 is 5.73 Å². The van der Waals surface area contributed by atoms with Crippen LogP contribution in [0.1, 0.15) is 37.8 Å². The summed E-state index contributed by atoms with van der Waals surface area (Å²) in [6, 6.07) is 5.05. The first-order chi connectivity index (χ1) is 8.87. The predicted molar refractivity (Wildman–Crippen MR) is 80.6 cm³/mol. The maximum absolute atomic E-state index is 13.5. The molecular weight excluding hydrogens is 259 g/mol. The Morgan fingerprint density at radius 3 is 2.84 bits per heavy atom. The number of rotatable bonds is 3. The predicted octanol–water partition coefficient (Wildman–Crippen LogP) is 3.08. The SMILES string of the molecule is CC1(C)CCCN(Cc2ccc(F)c(C(N)=S)c2)C1. The highest BCUT2D eigenvalue weighted by Gasteiger charge is 2.26. The minimum Gasteiger partial charge on any atom is -0.389 e. The Balaban J connectivity index is 2.11. The maximum Gasteiger partial charge on any atom is 0.133 e. The standard InChI is InChI=1S/C15H21FN2S/c1-15(2)6-3-7-18(10-15)9-11-4-5-13(16)12(8-11)14(17)19/h4-5,8H,3,6-7,9-10H2,1-2H3,(H2,17,19). The van der Waals surface area contributed by atoms with Crippen molar-refractivity contribution in [3.05, 3.63) is 35.1 Å². The van der Waals surface area contributed by atoms with E-state index in [9.17, 15) is 4.39 Å². The third kappa shape index (κ3) is 3.74. The second-order valence-electron chi connectivity index (χ2n) is 6.16. The second kappa shape index (κ2) is 5.55. The Morgan fingerprint density at radius 1 is 1.47 bits per heavy atom. The van der Waals surface area contributed by atoms with E-state index in [1.54, 1.807) is 6.07 Å². The molecule has 0 amide bonds. The van der Waals surface area contributed by atoms with Gasteiger partial charge in [0.05, 0.1) is 0 Å². The van der Waals surface area contributed by atoms with Crippen molar-refractivity contribution in [2.45, 2.75) is 33.2 Å². The van der Waals surface area contributed by atoms with Crippen LogP contribution in [-0.2, 0) is 6.54 Å². The van der Waals surface area contributed by atoms with Crippen LogP contribution >= 0.6 is 12.2 Å². The molecule has 2 nitrogen and oxygen atoms in total. The molecule has 1 aromatic carbocycles. The molecule has 1 aliphatic rings. The van der Waals surface area contributed by atoms with Gasteiger partial charge in [-0.15, -0.1) is 0 Å². The molecule has 1 aromatic rings. The van der Waals surface area contributed by atoms with Gasteiger partial charge in [0.2, 0.25) is 0 Å². The average Bonchev–Trinajstić information content (AvgIpc) is 2.30. The highest BCUT2D eigenvalue weighted by Crippen LogP contribution is 2.29. The summed E-state index contributed by atoms with van der Waals surface area (Å²) in [4.78, 5) is 2.54. The van der Waals surface area contributed by atoms with Crippen molar-refractivity contribution in [1.29, 1.82) is 0 Å². The lowest BCUT2D eigenvalue weighted by molar-refractivity contribution is 0.111. The highest BCUT2D eigenvalue weighted by molar-refractivity contribution is 7.80. The molecule has 0 unspecified atom stereocenters. The Labute approximate surface area is 119 Å². The summed E-state index contributed by atoms with van der Waals surface area (Å²) in [5.41, 5.74) is 7.32. The lowest BCUT2D eigenvalue weighted by Crippen LogP contribution is -2.39. The van der Waals surface area contributed by atoms with Gasteiger partial charge in [-0.1, -0.05) is 32.1 Å². The van der Waals surface area contributed by atoms with Gasteiger partial charge in [-0.3, -0.25) is 4.90 Å². The molecule has 0 radical (unpaired) electrons. The van der Waals surface area contributed by atoms with Crippen molar-refractivity contribution < 1.29 is 4.39 Å². The number of halogens is 1. The van der Waals surface area contributed by atoms with E-state index in [-0.39, 0.29) is 10.8 Å².